The largest absolute Gasteiger partial charge is 0.483 e. The maximum Gasteiger partial charge on any atom is 0.282 e. The highest BCUT2D eigenvalue weighted by molar-refractivity contribution is 9.10. The summed E-state index contributed by atoms with van der Waals surface area (Å²) in [6.07, 6.45) is 1.99. The summed E-state index contributed by atoms with van der Waals surface area (Å²) in [5.41, 5.74) is 0.945. The molecule has 0 bridgehead atoms. The van der Waals surface area contributed by atoms with Crippen molar-refractivity contribution in [3.05, 3.63) is 98.8 Å². The van der Waals surface area contributed by atoms with E-state index < -0.39 is 11.7 Å². The fourth-order valence-corrected chi connectivity index (χ4v) is 3.63. The second-order valence-electron chi connectivity index (χ2n) is 7.26. The summed E-state index contributed by atoms with van der Waals surface area (Å²) in [6.45, 7) is 1.56. The summed E-state index contributed by atoms with van der Waals surface area (Å²) >= 11 is 3.38. The maximum absolute atomic E-state index is 13.7. The van der Waals surface area contributed by atoms with Crippen LogP contribution in [0.1, 0.15) is 18.3 Å². The van der Waals surface area contributed by atoms with Crippen molar-refractivity contribution in [1.29, 1.82) is 0 Å². The predicted molar refractivity (Wildman–Crippen MR) is 133 cm³/mol. The average molecular weight is 523 g/mol. The molecule has 0 saturated carbocycles. The summed E-state index contributed by atoms with van der Waals surface area (Å²) in [4.78, 5) is 29.8. The Balaban J connectivity index is 1.56. The highest BCUT2D eigenvalue weighted by Gasteiger charge is 2.11. The monoisotopic (exact) mass is 522 g/mol. The zero-order chi connectivity index (χ0) is 24.1. The molecule has 9 heteroatoms. The minimum absolute atomic E-state index is 0.0767. The van der Waals surface area contributed by atoms with E-state index in [1.165, 1.54) is 29.1 Å². The lowest BCUT2D eigenvalue weighted by Crippen LogP contribution is -2.22. The van der Waals surface area contributed by atoms with Crippen LogP contribution in [0.4, 0.5) is 10.1 Å². The van der Waals surface area contributed by atoms with Crippen LogP contribution in [0.5, 0.6) is 5.75 Å². The van der Waals surface area contributed by atoms with Crippen molar-refractivity contribution in [3.8, 4) is 5.75 Å². The van der Waals surface area contributed by atoms with E-state index in [0.29, 0.717) is 34.5 Å². The van der Waals surface area contributed by atoms with E-state index in [1.807, 2.05) is 13.0 Å². The van der Waals surface area contributed by atoms with Crippen molar-refractivity contribution in [2.75, 3.05) is 11.9 Å². The SMILES string of the molecule is CCc1nc2ccc(Br)cc2c(=O)n1N=Cc1ccccc1OCC(=O)Nc1ccccc1F. The highest BCUT2D eigenvalue weighted by atomic mass is 79.9. The first-order valence-corrected chi connectivity index (χ1v) is 11.3. The Kier molecular flexibility index (Phi) is 7.12. The Morgan fingerprint density at radius 1 is 1.18 bits per heavy atom. The van der Waals surface area contributed by atoms with Crippen LogP contribution in [0.2, 0.25) is 0 Å². The number of aryl methyl sites for hydroxylation is 1. The smallest absolute Gasteiger partial charge is 0.282 e. The van der Waals surface area contributed by atoms with Crippen molar-refractivity contribution < 1.29 is 13.9 Å². The summed E-state index contributed by atoms with van der Waals surface area (Å²) < 4.78 is 21.4. The number of carbonyl (C=O) groups is 1. The van der Waals surface area contributed by atoms with Crippen LogP contribution < -0.4 is 15.6 Å². The Bertz CT molecular complexity index is 1450. The molecule has 4 rings (SSSR count). The van der Waals surface area contributed by atoms with E-state index in [2.05, 4.69) is 31.3 Å². The van der Waals surface area contributed by atoms with E-state index in [4.69, 9.17) is 4.74 Å². The number of nitrogens with one attached hydrogen (secondary N) is 1. The summed E-state index contributed by atoms with van der Waals surface area (Å²) in [7, 11) is 0. The number of para-hydroxylation sites is 2. The standard InChI is InChI=1S/C25H20BrFN4O3/c1-2-23-29-20-12-11-17(26)13-18(20)25(33)31(23)28-14-16-7-3-6-10-22(16)34-15-24(32)30-21-9-5-4-8-19(21)27/h3-14H,2,15H2,1H3,(H,30,32). The van der Waals surface area contributed by atoms with E-state index in [-0.39, 0.29) is 17.9 Å². The number of halogens is 2. The first kappa shape index (κ1) is 23.3. The summed E-state index contributed by atoms with van der Waals surface area (Å²) in [5.74, 6) is -0.140. The van der Waals surface area contributed by atoms with Crippen molar-refractivity contribution in [2.45, 2.75) is 13.3 Å². The van der Waals surface area contributed by atoms with Gasteiger partial charge in [0.25, 0.3) is 11.5 Å². The van der Waals surface area contributed by atoms with Gasteiger partial charge in [0.1, 0.15) is 17.4 Å². The molecule has 3 aromatic carbocycles. The molecule has 0 fully saturated rings. The van der Waals surface area contributed by atoms with Gasteiger partial charge in [0.15, 0.2) is 6.61 Å². The van der Waals surface area contributed by atoms with Gasteiger partial charge in [0.05, 0.1) is 22.8 Å². The molecule has 34 heavy (non-hydrogen) atoms. The zero-order valence-corrected chi connectivity index (χ0v) is 19.8. The number of ether oxygens (including phenoxy) is 1. The fraction of sp³-hybridized carbons (Fsp3) is 0.120. The molecule has 4 aromatic rings. The molecule has 1 heterocycles. The molecule has 0 aliphatic heterocycles. The quantitative estimate of drug-likeness (QED) is 0.354. The van der Waals surface area contributed by atoms with Crippen LogP contribution in [-0.4, -0.2) is 28.4 Å². The summed E-state index contributed by atoms with van der Waals surface area (Å²) in [5, 5.41) is 7.28. The van der Waals surface area contributed by atoms with Crippen molar-refractivity contribution >= 4 is 44.6 Å². The molecule has 7 nitrogen and oxygen atoms in total. The molecule has 172 valence electrons. The number of carbonyl (C=O) groups excluding carboxylic acids is 1. The van der Waals surface area contributed by atoms with Gasteiger partial charge in [-0.2, -0.15) is 9.78 Å². The number of aromatic nitrogens is 2. The second kappa shape index (κ2) is 10.4. The van der Waals surface area contributed by atoms with Gasteiger partial charge in [0, 0.05) is 16.5 Å². The fourth-order valence-electron chi connectivity index (χ4n) is 3.27. The van der Waals surface area contributed by atoms with Gasteiger partial charge in [-0.1, -0.05) is 47.1 Å². The topological polar surface area (TPSA) is 85.6 Å². The third kappa shape index (κ3) is 5.20. The van der Waals surface area contributed by atoms with E-state index in [0.717, 1.165) is 4.47 Å². The van der Waals surface area contributed by atoms with Crippen LogP contribution in [0.15, 0.2) is 81.1 Å². The number of benzene rings is 3. The van der Waals surface area contributed by atoms with E-state index >= 15 is 0 Å². The number of nitrogens with zero attached hydrogens (tertiary/aromatic N) is 3. The van der Waals surface area contributed by atoms with Crippen LogP contribution in [0.25, 0.3) is 10.9 Å². The molecule has 0 unspecified atom stereocenters. The van der Waals surface area contributed by atoms with E-state index in [1.54, 1.807) is 42.5 Å². The molecular weight excluding hydrogens is 503 g/mol. The highest BCUT2D eigenvalue weighted by Crippen LogP contribution is 2.18. The molecule has 0 atom stereocenters. The zero-order valence-electron chi connectivity index (χ0n) is 18.2. The molecule has 0 radical (unpaired) electrons. The predicted octanol–water partition coefficient (Wildman–Crippen LogP) is 4.76. The van der Waals surface area contributed by atoms with Gasteiger partial charge in [0.2, 0.25) is 0 Å². The lowest BCUT2D eigenvalue weighted by atomic mass is 10.2. The molecular formula is C25H20BrFN4O3. The second-order valence-corrected chi connectivity index (χ2v) is 8.17. The number of hydrogen-bond donors (Lipinski definition) is 1. The normalized spacial score (nSPS) is 11.1. The third-order valence-corrected chi connectivity index (χ3v) is 5.42. The van der Waals surface area contributed by atoms with Crippen LogP contribution >= 0.6 is 15.9 Å². The lowest BCUT2D eigenvalue weighted by Gasteiger charge is -2.11. The molecule has 1 N–H and O–H groups in total. The number of hydrogen-bond acceptors (Lipinski definition) is 5. The molecule has 1 aromatic heterocycles. The van der Waals surface area contributed by atoms with Crippen LogP contribution in [0, 0.1) is 5.82 Å². The van der Waals surface area contributed by atoms with Gasteiger partial charge in [-0.05, 0) is 42.5 Å². The van der Waals surface area contributed by atoms with Gasteiger partial charge >= 0.3 is 0 Å². The number of anilines is 1. The van der Waals surface area contributed by atoms with Crippen molar-refractivity contribution in [3.63, 3.8) is 0 Å². The maximum atomic E-state index is 13.7. The number of rotatable bonds is 7. The molecule has 0 saturated heterocycles. The first-order chi connectivity index (χ1) is 16.5. The number of amides is 1. The van der Waals surface area contributed by atoms with Gasteiger partial charge < -0.3 is 10.1 Å². The molecule has 1 amide bonds. The Labute approximate surface area is 203 Å². The van der Waals surface area contributed by atoms with Gasteiger partial charge in [-0.15, -0.1) is 0 Å². The molecule has 0 aliphatic rings. The minimum Gasteiger partial charge on any atom is -0.483 e. The summed E-state index contributed by atoms with van der Waals surface area (Å²) in [6, 6.07) is 18.2. The first-order valence-electron chi connectivity index (χ1n) is 10.5. The van der Waals surface area contributed by atoms with Crippen LogP contribution in [-0.2, 0) is 11.2 Å². The van der Waals surface area contributed by atoms with E-state index in [9.17, 15) is 14.0 Å². The lowest BCUT2D eigenvalue weighted by molar-refractivity contribution is -0.118. The third-order valence-electron chi connectivity index (χ3n) is 4.93. The number of fused-ring (bicyclic) bond motifs is 1. The van der Waals surface area contributed by atoms with Crippen molar-refractivity contribution in [2.24, 2.45) is 5.10 Å². The average Bonchev–Trinajstić information content (AvgIpc) is 2.84. The Hall–Kier alpha value is -3.85. The van der Waals surface area contributed by atoms with Gasteiger partial charge in [-0.3, -0.25) is 9.59 Å². The Morgan fingerprint density at radius 3 is 2.74 bits per heavy atom. The molecule has 0 aliphatic carbocycles. The Morgan fingerprint density at radius 2 is 1.94 bits per heavy atom. The van der Waals surface area contributed by atoms with Crippen molar-refractivity contribution in [1.82, 2.24) is 9.66 Å². The van der Waals surface area contributed by atoms with Gasteiger partial charge in [-0.25, -0.2) is 9.37 Å². The minimum atomic E-state index is -0.531. The molecule has 0 spiro atoms. The van der Waals surface area contributed by atoms with Crippen LogP contribution in [0.3, 0.4) is 0 Å².